The van der Waals surface area contributed by atoms with Crippen LogP contribution in [0.25, 0.3) is 0 Å². The van der Waals surface area contributed by atoms with Gasteiger partial charge in [-0.2, -0.15) is 0 Å². The van der Waals surface area contributed by atoms with Gasteiger partial charge in [0.1, 0.15) is 12.6 Å². The Bertz CT molecular complexity index is 891. The fourth-order valence-corrected chi connectivity index (χ4v) is 5.32. The van der Waals surface area contributed by atoms with Crippen molar-refractivity contribution >= 4 is 17.9 Å². The smallest absolute Gasteiger partial charge is 0.306 e. The lowest BCUT2D eigenvalue weighted by Gasteiger charge is -2.34. The van der Waals surface area contributed by atoms with E-state index >= 15 is 0 Å². The number of carbonyl (C=O) groups excluding carboxylic acids is 3. The van der Waals surface area contributed by atoms with Crippen LogP contribution in [-0.2, 0) is 28.6 Å². The monoisotopic (exact) mass is 678 g/mol. The van der Waals surface area contributed by atoms with Crippen LogP contribution in [0.15, 0.2) is 36.5 Å². The number of likely N-dealkylation sites (N-methyl/N-ethyl adjacent to an activating group) is 1. The molecule has 0 aliphatic carbocycles. The highest BCUT2D eigenvalue weighted by atomic mass is 16.6. The summed E-state index contributed by atoms with van der Waals surface area (Å²) in [6.07, 6.45) is 33.1. The molecule has 0 heterocycles. The number of carboxylic acids is 1. The van der Waals surface area contributed by atoms with E-state index in [4.69, 9.17) is 14.2 Å². The molecule has 278 valence electrons. The lowest BCUT2D eigenvalue weighted by atomic mass is 10.1. The minimum absolute atomic E-state index is 0.0349. The number of carboxylic acid groups (broad SMARTS) is 1. The summed E-state index contributed by atoms with van der Waals surface area (Å²) >= 11 is 0. The van der Waals surface area contributed by atoms with Crippen molar-refractivity contribution in [1.29, 1.82) is 0 Å². The molecule has 0 aromatic rings. The number of carbonyl (C=O) groups is 3. The van der Waals surface area contributed by atoms with Gasteiger partial charge >= 0.3 is 11.9 Å². The van der Waals surface area contributed by atoms with Gasteiger partial charge in [0, 0.05) is 19.3 Å². The summed E-state index contributed by atoms with van der Waals surface area (Å²) in [6.45, 7) is 4.49. The van der Waals surface area contributed by atoms with Crippen molar-refractivity contribution in [2.45, 2.75) is 161 Å². The number of quaternary nitrogens is 1. The Kier molecular flexibility index (Phi) is 30.2. The first-order valence-electron chi connectivity index (χ1n) is 19.0. The van der Waals surface area contributed by atoms with Crippen LogP contribution >= 0.6 is 0 Å². The van der Waals surface area contributed by atoms with E-state index in [1.54, 1.807) is 21.1 Å². The van der Waals surface area contributed by atoms with Gasteiger partial charge < -0.3 is 28.6 Å². The first-order chi connectivity index (χ1) is 23.1. The molecule has 8 nitrogen and oxygen atoms in total. The van der Waals surface area contributed by atoms with Gasteiger partial charge in [-0.05, 0) is 44.9 Å². The van der Waals surface area contributed by atoms with Crippen molar-refractivity contribution < 1.29 is 38.2 Å². The number of rotatable bonds is 33. The van der Waals surface area contributed by atoms with Crippen LogP contribution in [0.2, 0.25) is 0 Å². The Morgan fingerprint density at radius 3 is 1.73 bits per heavy atom. The van der Waals surface area contributed by atoms with Crippen LogP contribution in [-0.4, -0.2) is 75.5 Å². The van der Waals surface area contributed by atoms with Crippen LogP contribution in [0.3, 0.4) is 0 Å². The van der Waals surface area contributed by atoms with Gasteiger partial charge in [0.05, 0.1) is 40.3 Å². The normalized spacial score (nSPS) is 13.4. The lowest BCUT2D eigenvalue weighted by Crippen LogP contribution is -2.55. The van der Waals surface area contributed by atoms with E-state index in [2.05, 4.69) is 50.3 Å². The van der Waals surface area contributed by atoms with Crippen molar-refractivity contribution in [2.24, 2.45) is 0 Å². The molecule has 0 aliphatic heterocycles. The van der Waals surface area contributed by atoms with Crippen molar-refractivity contribution in [3.63, 3.8) is 0 Å². The molecule has 0 spiro atoms. The third-order valence-corrected chi connectivity index (χ3v) is 8.29. The summed E-state index contributed by atoms with van der Waals surface area (Å²) in [4.78, 5) is 36.6. The van der Waals surface area contributed by atoms with Crippen molar-refractivity contribution in [2.75, 3.05) is 41.0 Å². The number of esters is 2. The third kappa shape index (κ3) is 29.7. The standard InChI is InChI=1S/C40H71NO7/c1-6-8-10-12-14-16-17-18-19-20-21-23-25-27-29-31-39(43)48-36(34-46-33-32-37(40(44)45)41(3,4)5)35-47-38(42)30-28-26-24-22-15-13-11-9-7-2/h8,10,14,16,18-19,36-37H,6-7,9,11-13,15,17,20-35H2,1-5H3/b10-8-,16-14-,19-18-. The first-order valence-corrected chi connectivity index (χ1v) is 19.0. The molecule has 0 saturated carbocycles. The van der Waals surface area contributed by atoms with E-state index in [1.807, 2.05) is 0 Å². The Labute approximate surface area is 293 Å². The van der Waals surface area contributed by atoms with Crippen LogP contribution in [0, 0.1) is 0 Å². The Morgan fingerprint density at radius 1 is 0.646 bits per heavy atom. The zero-order chi connectivity index (χ0) is 35.7. The maximum absolute atomic E-state index is 12.6. The Morgan fingerprint density at radius 2 is 1.17 bits per heavy atom. The van der Waals surface area contributed by atoms with Gasteiger partial charge in [-0.3, -0.25) is 9.59 Å². The molecule has 0 saturated heterocycles. The highest BCUT2D eigenvalue weighted by Gasteiger charge is 2.25. The zero-order valence-electron chi connectivity index (χ0n) is 31.4. The van der Waals surface area contributed by atoms with Crippen LogP contribution in [0.1, 0.15) is 149 Å². The molecule has 0 fully saturated rings. The van der Waals surface area contributed by atoms with Crippen molar-refractivity contribution in [3.05, 3.63) is 36.5 Å². The number of hydrogen-bond acceptors (Lipinski definition) is 7. The summed E-state index contributed by atoms with van der Waals surface area (Å²) in [5.74, 6) is -1.76. The van der Waals surface area contributed by atoms with E-state index in [0.717, 1.165) is 77.0 Å². The minimum atomic E-state index is -1.13. The predicted octanol–water partition coefficient (Wildman–Crippen LogP) is 8.18. The molecule has 0 amide bonds. The zero-order valence-corrected chi connectivity index (χ0v) is 31.4. The van der Waals surface area contributed by atoms with E-state index in [-0.39, 0.29) is 42.7 Å². The van der Waals surface area contributed by atoms with E-state index in [9.17, 15) is 19.5 Å². The first kappa shape index (κ1) is 45.6. The van der Waals surface area contributed by atoms with Gasteiger partial charge in [-0.1, -0.05) is 121 Å². The second kappa shape index (κ2) is 31.8. The van der Waals surface area contributed by atoms with Crippen LogP contribution in [0.4, 0.5) is 0 Å². The van der Waals surface area contributed by atoms with Crippen molar-refractivity contribution in [1.82, 2.24) is 0 Å². The SMILES string of the molecule is CC/C=C\C/C=C\C/C=C\CCCCCCCC(=O)OC(COCCC(C(=O)[O-])[N+](C)(C)C)COC(=O)CCCCCCCCCCC. The molecule has 0 bridgehead atoms. The van der Waals surface area contributed by atoms with Gasteiger partial charge in [0.15, 0.2) is 6.10 Å². The Hall–Kier alpha value is -2.45. The van der Waals surface area contributed by atoms with Gasteiger partial charge in [0.2, 0.25) is 0 Å². The molecular weight excluding hydrogens is 606 g/mol. The molecule has 8 heteroatoms. The lowest BCUT2D eigenvalue weighted by molar-refractivity contribution is -0.889. The fourth-order valence-electron chi connectivity index (χ4n) is 5.32. The summed E-state index contributed by atoms with van der Waals surface area (Å²) in [7, 11) is 5.38. The van der Waals surface area contributed by atoms with E-state index < -0.39 is 18.1 Å². The molecule has 0 aromatic carbocycles. The molecule has 0 aliphatic rings. The number of aliphatic carboxylic acids is 1. The summed E-state index contributed by atoms with van der Waals surface area (Å²) in [6, 6.07) is -0.726. The largest absolute Gasteiger partial charge is 0.544 e. The second-order valence-electron chi connectivity index (χ2n) is 13.8. The number of allylic oxidation sites excluding steroid dienone is 6. The summed E-state index contributed by atoms with van der Waals surface area (Å²) < 4.78 is 17.0. The summed E-state index contributed by atoms with van der Waals surface area (Å²) in [5.41, 5.74) is 0. The molecule has 0 rings (SSSR count). The molecular formula is C40H71NO7. The quantitative estimate of drug-likeness (QED) is 0.0299. The number of hydrogen-bond donors (Lipinski definition) is 0. The number of nitrogens with zero attached hydrogens (tertiary/aromatic N) is 1. The van der Waals surface area contributed by atoms with E-state index in [0.29, 0.717) is 12.8 Å². The van der Waals surface area contributed by atoms with Crippen LogP contribution < -0.4 is 5.11 Å². The maximum atomic E-state index is 12.6. The molecule has 2 unspecified atom stereocenters. The van der Waals surface area contributed by atoms with Gasteiger partial charge in [-0.25, -0.2) is 0 Å². The average Bonchev–Trinajstić information content (AvgIpc) is 3.03. The fraction of sp³-hybridized carbons (Fsp3) is 0.775. The van der Waals surface area contributed by atoms with Crippen molar-refractivity contribution in [3.8, 4) is 0 Å². The van der Waals surface area contributed by atoms with Crippen LogP contribution in [0.5, 0.6) is 0 Å². The third-order valence-electron chi connectivity index (χ3n) is 8.29. The topological polar surface area (TPSA) is 102 Å². The van der Waals surface area contributed by atoms with Gasteiger partial charge in [0.25, 0.3) is 0 Å². The molecule has 0 N–H and O–H groups in total. The average molecular weight is 678 g/mol. The minimum Gasteiger partial charge on any atom is -0.544 e. The molecule has 48 heavy (non-hydrogen) atoms. The number of unbranched alkanes of at least 4 members (excludes halogenated alkanes) is 13. The van der Waals surface area contributed by atoms with E-state index in [1.165, 1.54) is 38.5 Å². The molecule has 0 radical (unpaired) electrons. The van der Waals surface area contributed by atoms with Gasteiger partial charge in [-0.15, -0.1) is 0 Å². The second-order valence-corrected chi connectivity index (χ2v) is 13.8. The Balaban J connectivity index is 4.44. The number of ether oxygens (including phenoxy) is 3. The molecule has 2 atom stereocenters. The highest BCUT2D eigenvalue weighted by Crippen LogP contribution is 2.13. The highest BCUT2D eigenvalue weighted by molar-refractivity contribution is 5.70. The predicted molar refractivity (Wildman–Crippen MR) is 194 cm³/mol. The molecule has 0 aromatic heterocycles. The maximum Gasteiger partial charge on any atom is 0.306 e. The summed E-state index contributed by atoms with van der Waals surface area (Å²) in [5, 5.41) is 11.6.